The Labute approximate surface area is 188 Å². The summed E-state index contributed by atoms with van der Waals surface area (Å²) in [6.45, 7) is 0. The number of hydrogen-bond donors (Lipinski definition) is 0. The minimum atomic E-state index is 0.816. The van der Waals surface area contributed by atoms with Crippen molar-refractivity contribution in [2.24, 2.45) is 0 Å². The molecule has 1 aromatic heterocycles. The van der Waals surface area contributed by atoms with Gasteiger partial charge in [-0.2, -0.15) is 0 Å². The van der Waals surface area contributed by atoms with Gasteiger partial charge < -0.3 is 4.74 Å². The minimum Gasteiger partial charge on any atom is -0.497 e. The number of hydrogen-bond acceptors (Lipinski definition) is 1. The lowest BCUT2D eigenvalue weighted by atomic mass is 9.98. The molecule has 0 aliphatic rings. The molecule has 1 heterocycles. The largest absolute Gasteiger partial charge is 0.497 e. The Hall–Kier alpha value is -4.17. The molecule has 0 saturated heterocycles. The van der Waals surface area contributed by atoms with Crippen LogP contribution in [0.2, 0.25) is 0 Å². The van der Waals surface area contributed by atoms with E-state index in [1.54, 1.807) is 7.11 Å². The molecule has 2 nitrogen and oxygen atoms in total. The zero-order valence-corrected chi connectivity index (χ0v) is 17.9. The van der Waals surface area contributed by atoms with Gasteiger partial charge in [-0.05, 0) is 53.1 Å². The van der Waals surface area contributed by atoms with Crippen molar-refractivity contribution >= 4 is 0 Å². The Morgan fingerprint density at radius 2 is 0.844 bits per heavy atom. The first-order valence-corrected chi connectivity index (χ1v) is 10.6. The Kier molecular flexibility index (Phi) is 5.50. The normalized spacial score (nSPS) is 10.7. The maximum Gasteiger partial charge on any atom is 0.361 e. The van der Waals surface area contributed by atoms with Gasteiger partial charge in [0.15, 0.2) is 0 Å². The molecule has 0 saturated carbocycles. The van der Waals surface area contributed by atoms with E-state index in [0.717, 1.165) is 39.5 Å². The van der Waals surface area contributed by atoms with Crippen molar-refractivity contribution < 1.29 is 9.15 Å². The zero-order chi connectivity index (χ0) is 21.8. The average Bonchev–Trinajstić information content (AvgIpc) is 2.89. The Morgan fingerprint density at radius 1 is 0.438 bits per heavy atom. The van der Waals surface area contributed by atoms with Gasteiger partial charge in [-0.1, -0.05) is 72.8 Å². The first kappa shape index (κ1) is 19.8. The number of benzene rings is 4. The average molecular weight is 416 g/mol. The first-order chi connectivity index (χ1) is 15.8. The third-order valence-electron chi connectivity index (χ3n) is 5.55. The summed E-state index contributed by atoms with van der Waals surface area (Å²) in [4.78, 5) is 0. The molecule has 32 heavy (non-hydrogen) atoms. The van der Waals surface area contributed by atoms with Crippen molar-refractivity contribution in [1.82, 2.24) is 0 Å². The fourth-order valence-electron chi connectivity index (χ4n) is 3.80. The van der Waals surface area contributed by atoms with E-state index in [2.05, 4.69) is 72.8 Å². The summed E-state index contributed by atoms with van der Waals surface area (Å²) in [5, 5.41) is 0. The Morgan fingerprint density at radius 3 is 1.38 bits per heavy atom. The third kappa shape index (κ3) is 4.17. The summed E-state index contributed by atoms with van der Waals surface area (Å²) >= 11 is 0. The van der Waals surface area contributed by atoms with Crippen molar-refractivity contribution in [3.8, 4) is 50.7 Å². The monoisotopic (exact) mass is 415 g/mol. The van der Waals surface area contributed by atoms with E-state index < -0.39 is 0 Å². The molecule has 154 valence electrons. The number of methoxy groups -OCH3 is 1. The van der Waals surface area contributed by atoms with Crippen LogP contribution in [0.1, 0.15) is 0 Å². The topological polar surface area (TPSA) is 20.5 Å². The fraction of sp³-hybridized carbons (Fsp3) is 0.0333. The molecule has 5 rings (SSSR count). The van der Waals surface area contributed by atoms with Crippen LogP contribution in [-0.2, 0) is 0 Å². The zero-order valence-electron chi connectivity index (χ0n) is 17.9. The second-order valence-electron chi connectivity index (χ2n) is 7.61. The van der Waals surface area contributed by atoms with E-state index in [-0.39, 0.29) is 0 Å². The van der Waals surface area contributed by atoms with Gasteiger partial charge in [0, 0.05) is 5.56 Å². The van der Waals surface area contributed by atoms with Crippen molar-refractivity contribution in [2.45, 2.75) is 0 Å². The molecule has 0 amide bonds. The number of rotatable bonds is 5. The maximum atomic E-state index is 6.34. The maximum absolute atomic E-state index is 6.34. The molecular weight excluding hydrogens is 392 g/mol. The second kappa shape index (κ2) is 8.91. The molecule has 4 aromatic carbocycles. The van der Waals surface area contributed by atoms with Crippen molar-refractivity contribution in [3.63, 3.8) is 0 Å². The van der Waals surface area contributed by atoms with Gasteiger partial charge in [0.25, 0.3) is 0 Å². The highest BCUT2D eigenvalue weighted by atomic mass is 16.5. The van der Waals surface area contributed by atoms with Crippen molar-refractivity contribution in [2.75, 3.05) is 7.11 Å². The van der Waals surface area contributed by atoms with E-state index in [1.165, 1.54) is 11.1 Å². The van der Waals surface area contributed by atoms with Crippen LogP contribution in [0.15, 0.2) is 126 Å². The van der Waals surface area contributed by atoms with Crippen LogP contribution >= 0.6 is 0 Å². The molecule has 0 aliphatic heterocycles. The molecule has 0 aliphatic carbocycles. The molecule has 5 aromatic rings. The van der Waals surface area contributed by atoms with Crippen molar-refractivity contribution in [1.29, 1.82) is 0 Å². The highest BCUT2D eigenvalue weighted by molar-refractivity contribution is 5.76. The van der Waals surface area contributed by atoms with Gasteiger partial charge in [-0.25, -0.2) is 4.42 Å². The third-order valence-corrected chi connectivity index (χ3v) is 5.55. The lowest BCUT2D eigenvalue weighted by Gasteiger charge is -2.05. The van der Waals surface area contributed by atoms with Crippen LogP contribution < -0.4 is 4.74 Å². The van der Waals surface area contributed by atoms with Gasteiger partial charge in [0.2, 0.25) is 0 Å². The molecular formula is C30H23O2+. The minimum absolute atomic E-state index is 0.816. The van der Waals surface area contributed by atoms with E-state index in [1.807, 2.05) is 48.5 Å². The second-order valence-corrected chi connectivity index (χ2v) is 7.61. The summed E-state index contributed by atoms with van der Waals surface area (Å²) in [5.74, 6) is 2.47. The quantitative estimate of drug-likeness (QED) is 0.269. The van der Waals surface area contributed by atoms with Crippen LogP contribution in [0.3, 0.4) is 0 Å². The Bertz CT molecular complexity index is 1310. The Balaban J connectivity index is 1.59. The molecule has 0 N–H and O–H groups in total. The van der Waals surface area contributed by atoms with Crippen LogP contribution in [0.5, 0.6) is 5.75 Å². The van der Waals surface area contributed by atoms with Gasteiger partial charge in [-0.15, -0.1) is 0 Å². The van der Waals surface area contributed by atoms with Crippen molar-refractivity contribution in [3.05, 3.63) is 121 Å². The number of ether oxygens (including phenoxy) is 1. The smallest absolute Gasteiger partial charge is 0.361 e. The molecule has 0 fully saturated rings. The summed E-state index contributed by atoms with van der Waals surface area (Å²) < 4.78 is 11.6. The summed E-state index contributed by atoms with van der Waals surface area (Å²) in [5.41, 5.74) is 6.73. The van der Waals surface area contributed by atoms with Gasteiger partial charge in [-0.3, -0.25) is 0 Å². The highest BCUT2D eigenvalue weighted by Crippen LogP contribution is 2.34. The molecule has 0 atom stereocenters. The fourth-order valence-corrected chi connectivity index (χ4v) is 3.80. The van der Waals surface area contributed by atoms with Gasteiger partial charge >= 0.3 is 11.5 Å². The van der Waals surface area contributed by atoms with Gasteiger partial charge in [0.1, 0.15) is 5.75 Å². The highest BCUT2D eigenvalue weighted by Gasteiger charge is 2.20. The summed E-state index contributed by atoms with van der Waals surface area (Å²) in [7, 11) is 1.67. The van der Waals surface area contributed by atoms with E-state index in [0.29, 0.717) is 0 Å². The van der Waals surface area contributed by atoms with Crippen LogP contribution in [0.4, 0.5) is 0 Å². The summed E-state index contributed by atoms with van der Waals surface area (Å²) in [6.07, 6.45) is 0. The SMILES string of the molecule is COc1ccc(-c2cc(-c3ccc(-c4ccccc4)cc3)cc(-c3ccccc3)[o+]2)cc1. The van der Waals surface area contributed by atoms with E-state index in [9.17, 15) is 0 Å². The molecule has 2 heteroatoms. The summed E-state index contributed by atoms with van der Waals surface area (Å²) in [6, 6.07) is 41.5. The van der Waals surface area contributed by atoms with E-state index >= 15 is 0 Å². The van der Waals surface area contributed by atoms with Crippen LogP contribution in [-0.4, -0.2) is 7.11 Å². The van der Waals surface area contributed by atoms with Gasteiger partial charge in [0.05, 0.1) is 30.4 Å². The standard InChI is InChI=1S/C30H23O2/c1-31-28-18-16-26(17-19-28)30-21-27(20-29(32-30)25-10-6-3-7-11-25)24-14-12-23(13-15-24)22-8-4-2-5-9-22/h2-21H,1H3/q+1. The molecule has 0 unspecified atom stereocenters. The molecule has 0 spiro atoms. The predicted molar refractivity (Wildman–Crippen MR) is 131 cm³/mol. The lowest BCUT2D eigenvalue weighted by molar-refractivity contribution is 0.415. The molecule has 0 bridgehead atoms. The predicted octanol–water partition coefficient (Wildman–Crippen LogP) is 8.24. The van der Waals surface area contributed by atoms with E-state index in [4.69, 9.17) is 9.15 Å². The first-order valence-electron chi connectivity index (χ1n) is 10.6. The van der Waals surface area contributed by atoms with Crippen LogP contribution in [0.25, 0.3) is 44.9 Å². The molecule has 0 radical (unpaired) electrons. The van der Waals surface area contributed by atoms with Crippen LogP contribution in [0, 0.1) is 0 Å². The lowest BCUT2D eigenvalue weighted by Crippen LogP contribution is -1.87.